The second-order valence-electron chi connectivity index (χ2n) is 6.85. The second-order valence-corrected chi connectivity index (χ2v) is 7.95. The lowest BCUT2D eigenvalue weighted by molar-refractivity contribution is -0.117. The van der Waals surface area contributed by atoms with Crippen LogP contribution in [0.2, 0.25) is 0 Å². The van der Waals surface area contributed by atoms with Crippen molar-refractivity contribution in [1.29, 1.82) is 5.26 Å². The lowest BCUT2D eigenvalue weighted by Crippen LogP contribution is -2.29. The SMILES string of the molecule is CN(CC(=O)Nc1sc2c(c1C#N)CCCCC2)Cc1ccc(F)c(F)c1. The molecule has 1 aliphatic carbocycles. The summed E-state index contributed by atoms with van der Waals surface area (Å²) in [5, 5.41) is 13.0. The van der Waals surface area contributed by atoms with Crippen LogP contribution in [0.1, 0.15) is 40.8 Å². The Labute approximate surface area is 161 Å². The summed E-state index contributed by atoms with van der Waals surface area (Å²) >= 11 is 1.50. The Hall–Kier alpha value is -2.30. The van der Waals surface area contributed by atoms with Crippen LogP contribution in [0.3, 0.4) is 0 Å². The number of fused-ring (bicyclic) bond motifs is 1. The first-order valence-corrected chi connectivity index (χ1v) is 9.76. The number of rotatable bonds is 5. The van der Waals surface area contributed by atoms with Crippen LogP contribution in [0.25, 0.3) is 0 Å². The average molecular weight is 389 g/mol. The molecular weight excluding hydrogens is 368 g/mol. The Kier molecular flexibility index (Phi) is 6.19. The van der Waals surface area contributed by atoms with Gasteiger partial charge < -0.3 is 5.32 Å². The van der Waals surface area contributed by atoms with Crippen molar-refractivity contribution >= 4 is 22.2 Å². The molecule has 0 spiro atoms. The molecule has 0 fully saturated rings. The van der Waals surface area contributed by atoms with E-state index in [2.05, 4.69) is 11.4 Å². The third kappa shape index (κ3) is 4.71. The maximum atomic E-state index is 13.3. The number of carbonyl (C=O) groups excluding carboxylic acids is 1. The molecule has 4 nitrogen and oxygen atoms in total. The zero-order valence-corrected chi connectivity index (χ0v) is 16.0. The molecule has 7 heteroatoms. The fourth-order valence-electron chi connectivity index (χ4n) is 3.37. The summed E-state index contributed by atoms with van der Waals surface area (Å²) in [6.45, 7) is 0.406. The summed E-state index contributed by atoms with van der Waals surface area (Å²) in [5.41, 5.74) is 2.27. The number of hydrogen-bond donors (Lipinski definition) is 1. The minimum atomic E-state index is -0.899. The van der Waals surface area contributed by atoms with Crippen molar-refractivity contribution < 1.29 is 13.6 Å². The minimum Gasteiger partial charge on any atom is -0.315 e. The fourth-order valence-corrected chi connectivity index (χ4v) is 4.62. The number of benzene rings is 1. The van der Waals surface area contributed by atoms with Crippen LogP contribution in [0.5, 0.6) is 0 Å². The molecular formula is C20H21F2N3OS. The number of likely N-dealkylation sites (N-methyl/N-ethyl adjacent to an activating group) is 1. The lowest BCUT2D eigenvalue weighted by atomic mass is 10.1. The molecule has 1 aromatic heterocycles. The molecule has 0 aliphatic heterocycles. The third-order valence-electron chi connectivity index (χ3n) is 4.64. The van der Waals surface area contributed by atoms with E-state index < -0.39 is 11.6 Å². The number of hydrogen-bond acceptors (Lipinski definition) is 4. The average Bonchev–Trinajstić information content (AvgIpc) is 2.77. The molecule has 1 aromatic carbocycles. The molecule has 1 aliphatic rings. The third-order valence-corrected chi connectivity index (χ3v) is 5.84. The molecule has 2 aromatic rings. The first-order valence-electron chi connectivity index (χ1n) is 8.95. The van der Waals surface area contributed by atoms with Crippen LogP contribution in [0.15, 0.2) is 18.2 Å². The van der Waals surface area contributed by atoms with Gasteiger partial charge in [0.2, 0.25) is 5.91 Å². The predicted molar refractivity (Wildman–Crippen MR) is 102 cm³/mol. The summed E-state index contributed by atoms with van der Waals surface area (Å²) in [7, 11) is 1.73. The maximum Gasteiger partial charge on any atom is 0.239 e. The minimum absolute atomic E-state index is 0.0897. The highest BCUT2D eigenvalue weighted by Crippen LogP contribution is 2.36. The van der Waals surface area contributed by atoms with E-state index in [1.165, 1.54) is 28.7 Å². The normalized spacial score (nSPS) is 13.7. The van der Waals surface area contributed by atoms with Crippen molar-refractivity contribution in [3.63, 3.8) is 0 Å². The highest BCUT2D eigenvalue weighted by Gasteiger charge is 2.21. The Balaban J connectivity index is 1.63. The van der Waals surface area contributed by atoms with Crippen molar-refractivity contribution in [1.82, 2.24) is 4.90 Å². The maximum absolute atomic E-state index is 13.3. The standard InChI is InChI=1S/C20H21F2N3OS/c1-25(11-13-7-8-16(21)17(22)9-13)12-19(26)24-20-15(10-23)14-5-3-2-4-6-18(14)27-20/h7-9H,2-6,11-12H2,1H3,(H,24,26). The summed E-state index contributed by atoms with van der Waals surface area (Å²) in [4.78, 5) is 15.3. The first-order chi connectivity index (χ1) is 13.0. The van der Waals surface area contributed by atoms with E-state index in [0.29, 0.717) is 22.7 Å². The molecule has 0 unspecified atom stereocenters. The molecule has 0 atom stereocenters. The number of thiophene rings is 1. The Bertz CT molecular complexity index is 888. The van der Waals surface area contributed by atoms with Crippen molar-refractivity contribution in [2.24, 2.45) is 0 Å². The highest BCUT2D eigenvalue weighted by atomic mass is 32.1. The lowest BCUT2D eigenvalue weighted by Gasteiger charge is -2.16. The fraction of sp³-hybridized carbons (Fsp3) is 0.400. The molecule has 1 heterocycles. The van der Waals surface area contributed by atoms with Gasteiger partial charge in [0.25, 0.3) is 0 Å². The van der Waals surface area contributed by atoms with Crippen LogP contribution >= 0.6 is 11.3 Å². The van der Waals surface area contributed by atoms with Crippen LogP contribution in [-0.4, -0.2) is 24.4 Å². The predicted octanol–water partition coefficient (Wildman–Crippen LogP) is 4.24. The van der Waals surface area contributed by atoms with Crippen LogP contribution in [0, 0.1) is 23.0 Å². The molecule has 1 N–H and O–H groups in total. The van der Waals surface area contributed by atoms with E-state index in [4.69, 9.17) is 0 Å². The van der Waals surface area contributed by atoms with E-state index >= 15 is 0 Å². The van der Waals surface area contributed by atoms with Gasteiger partial charge in [0.05, 0.1) is 12.1 Å². The van der Waals surface area contributed by atoms with E-state index in [1.54, 1.807) is 11.9 Å². The zero-order chi connectivity index (χ0) is 19.4. The summed E-state index contributed by atoms with van der Waals surface area (Å²) in [5.74, 6) is -2.02. The van der Waals surface area contributed by atoms with Crippen molar-refractivity contribution in [3.8, 4) is 6.07 Å². The smallest absolute Gasteiger partial charge is 0.239 e. The van der Waals surface area contributed by atoms with Crippen molar-refractivity contribution in [2.75, 3.05) is 18.9 Å². The van der Waals surface area contributed by atoms with Gasteiger partial charge in [0, 0.05) is 11.4 Å². The number of amides is 1. The number of nitrogens with one attached hydrogen (secondary N) is 1. The number of aryl methyl sites for hydroxylation is 1. The van der Waals surface area contributed by atoms with Gasteiger partial charge >= 0.3 is 0 Å². The Morgan fingerprint density at radius 3 is 2.78 bits per heavy atom. The number of halogens is 2. The van der Waals surface area contributed by atoms with E-state index in [9.17, 15) is 18.8 Å². The number of nitrogens with zero attached hydrogens (tertiary/aromatic N) is 2. The van der Waals surface area contributed by atoms with Gasteiger partial charge in [-0.1, -0.05) is 12.5 Å². The molecule has 0 saturated carbocycles. The zero-order valence-electron chi connectivity index (χ0n) is 15.1. The van der Waals surface area contributed by atoms with Crippen molar-refractivity contribution in [3.05, 3.63) is 51.4 Å². The van der Waals surface area contributed by atoms with Gasteiger partial charge in [-0.15, -0.1) is 11.3 Å². The summed E-state index contributed by atoms with van der Waals surface area (Å²) in [6.07, 6.45) is 5.20. The van der Waals surface area contributed by atoms with E-state index in [1.807, 2.05) is 0 Å². The highest BCUT2D eigenvalue weighted by molar-refractivity contribution is 7.16. The van der Waals surface area contributed by atoms with E-state index in [-0.39, 0.29) is 12.5 Å². The van der Waals surface area contributed by atoms with E-state index in [0.717, 1.165) is 43.4 Å². The molecule has 3 rings (SSSR count). The molecule has 0 saturated heterocycles. The van der Waals surface area contributed by atoms with Gasteiger partial charge in [0.15, 0.2) is 11.6 Å². The van der Waals surface area contributed by atoms with Gasteiger partial charge in [-0.2, -0.15) is 5.26 Å². The second kappa shape index (κ2) is 8.59. The van der Waals surface area contributed by atoms with Crippen LogP contribution < -0.4 is 5.32 Å². The topological polar surface area (TPSA) is 56.1 Å². The summed E-state index contributed by atoms with van der Waals surface area (Å²) < 4.78 is 26.3. The largest absolute Gasteiger partial charge is 0.315 e. The molecule has 142 valence electrons. The number of anilines is 1. The quantitative estimate of drug-likeness (QED) is 0.779. The number of nitriles is 1. The Morgan fingerprint density at radius 2 is 2.04 bits per heavy atom. The van der Waals surface area contributed by atoms with Gasteiger partial charge in [-0.3, -0.25) is 9.69 Å². The molecule has 0 bridgehead atoms. The Morgan fingerprint density at radius 1 is 1.26 bits per heavy atom. The van der Waals surface area contributed by atoms with Gasteiger partial charge in [-0.25, -0.2) is 8.78 Å². The van der Waals surface area contributed by atoms with Gasteiger partial charge in [0.1, 0.15) is 11.1 Å². The molecule has 1 amide bonds. The van der Waals surface area contributed by atoms with Crippen LogP contribution in [0.4, 0.5) is 13.8 Å². The van der Waals surface area contributed by atoms with Crippen molar-refractivity contribution in [2.45, 2.75) is 38.6 Å². The summed E-state index contributed by atoms with van der Waals surface area (Å²) in [6, 6.07) is 5.96. The van der Waals surface area contributed by atoms with Crippen LogP contribution in [-0.2, 0) is 24.2 Å². The van der Waals surface area contributed by atoms with Gasteiger partial charge in [-0.05, 0) is 56.0 Å². The molecule has 0 radical (unpaired) electrons. The first kappa shape index (κ1) is 19.5. The molecule has 27 heavy (non-hydrogen) atoms. The number of carbonyl (C=O) groups is 1. The monoisotopic (exact) mass is 389 g/mol.